The number of carbonyl (C=O) groups is 2. The number of piperidine rings is 1. The first-order valence-corrected chi connectivity index (χ1v) is 10.4. The molecule has 1 saturated heterocycles. The van der Waals surface area contributed by atoms with E-state index in [1.807, 2.05) is 19.1 Å². The number of nitrogens with one attached hydrogen (secondary N) is 2. The average Bonchev–Trinajstić information content (AvgIpc) is 2.67. The molecule has 5 heteroatoms. The molecule has 0 spiro atoms. The van der Waals surface area contributed by atoms with Crippen molar-refractivity contribution < 1.29 is 9.59 Å². The molecule has 2 N–H and O–H groups in total. The summed E-state index contributed by atoms with van der Waals surface area (Å²) in [5.74, 6) is 0.304. The Bertz CT molecular complexity index is 622. The predicted octanol–water partition coefficient (Wildman–Crippen LogP) is 3.51. The predicted molar refractivity (Wildman–Crippen MR) is 111 cm³/mol. The van der Waals surface area contributed by atoms with Gasteiger partial charge in [0.05, 0.1) is 6.54 Å². The smallest absolute Gasteiger partial charge is 0.238 e. The fourth-order valence-corrected chi connectivity index (χ4v) is 3.67. The molecule has 2 amide bonds. The SMILES string of the molecule is CCCCCNC(=O)C1CCN(CC(=O)Nc2c(C)cccc2CC)CC1. The van der Waals surface area contributed by atoms with Crippen molar-refractivity contribution in [2.24, 2.45) is 5.92 Å². The molecule has 1 heterocycles. The molecular formula is C22H35N3O2. The van der Waals surface area contributed by atoms with E-state index in [1.165, 1.54) is 12.0 Å². The number of carbonyl (C=O) groups excluding carboxylic acids is 2. The summed E-state index contributed by atoms with van der Waals surface area (Å²) in [5.41, 5.74) is 3.22. The van der Waals surface area contributed by atoms with Gasteiger partial charge in [-0.3, -0.25) is 14.5 Å². The Morgan fingerprint density at radius 3 is 2.56 bits per heavy atom. The molecule has 1 aliphatic rings. The van der Waals surface area contributed by atoms with Crippen LogP contribution < -0.4 is 10.6 Å². The summed E-state index contributed by atoms with van der Waals surface area (Å²) in [7, 11) is 0. The monoisotopic (exact) mass is 373 g/mol. The minimum Gasteiger partial charge on any atom is -0.356 e. The Morgan fingerprint density at radius 1 is 1.15 bits per heavy atom. The van der Waals surface area contributed by atoms with Crippen LogP contribution in [0, 0.1) is 12.8 Å². The van der Waals surface area contributed by atoms with Crippen LogP contribution in [0.15, 0.2) is 18.2 Å². The molecular weight excluding hydrogens is 338 g/mol. The largest absolute Gasteiger partial charge is 0.356 e. The second-order valence-corrected chi connectivity index (χ2v) is 7.56. The number of para-hydroxylation sites is 1. The third kappa shape index (κ3) is 6.65. The summed E-state index contributed by atoms with van der Waals surface area (Å²) in [6, 6.07) is 6.12. The molecule has 0 bridgehead atoms. The van der Waals surface area contributed by atoms with E-state index in [0.717, 1.165) is 63.0 Å². The van der Waals surface area contributed by atoms with Crippen molar-refractivity contribution >= 4 is 17.5 Å². The lowest BCUT2D eigenvalue weighted by molar-refractivity contribution is -0.126. The molecule has 1 aromatic rings. The third-order valence-electron chi connectivity index (χ3n) is 5.41. The van der Waals surface area contributed by atoms with Gasteiger partial charge in [-0.2, -0.15) is 0 Å². The molecule has 27 heavy (non-hydrogen) atoms. The first kappa shape index (κ1) is 21.4. The van der Waals surface area contributed by atoms with Gasteiger partial charge >= 0.3 is 0 Å². The number of hydrogen-bond acceptors (Lipinski definition) is 3. The fraction of sp³-hybridized carbons (Fsp3) is 0.636. The maximum atomic E-state index is 12.5. The standard InChI is InChI=1S/C22H35N3O2/c1-4-6-7-13-23-22(27)19-11-14-25(15-12-19)16-20(26)24-21-17(3)9-8-10-18(21)5-2/h8-10,19H,4-7,11-16H2,1-3H3,(H,23,27)(H,24,26). The van der Waals surface area contributed by atoms with Gasteiger partial charge in [-0.05, 0) is 56.8 Å². The topological polar surface area (TPSA) is 61.4 Å². The van der Waals surface area contributed by atoms with E-state index in [0.29, 0.717) is 6.54 Å². The normalized spacial score (nSPS) is 15.5. The van der Waals surface area contributed by atoms with Crippen molar-refractivity contribution in [3.63, 3.8) is 0 Å². The number of anilines is 1. The molecule has 150 valence electrons. The van der Waals surface area contributed by atoms with Crippen LogP contribution in [0.1, 0.15) is 57.1 Å². The zero-order chi connectivity index (χ0) is 19.6. The number of rotatable bonds is 9. The van der Waals surface area contributed by atoms with Gasteiger partial charge in [-0.15, -0.1) is 0 Å². The summed E-state index contributed by atoms with van der Waals surface area (Å²) < 4.78 is 0. The summed E-state index contributed by atoms with van der Waals surface area (Å²) in [5, 5.41) is 6.15. The number of likely N-dealkylation sites (tertiary alicyclic amines) is 1. The zero-order valence-electron chi connectivity index (χ0n) is 17.1. The highest BCUT2D eigenvalue weighted by Gasteiger charge is 2.25. The van der Waals surface area contributed by atoms with Gasteiger partial charge in [-0.25, -0.2) is 0 Å². The molecule has 1 aromatic carbocycles. The van der Waals surface area contributed by atoms with E-state index in [4.69, 9.17) is 0 Å². The van der Waals surface area contributed by atoms with Crippen molar-refractivity contribution in [2.75, 3.05) is 31.5 Å². The Morgan fingerprint density at radius 2 is 1.89 bits per heavy atom. The quantitative estimate of drug-likeness (QED) is 0.651. The van der Waals surface area contributed by atoms with Crippen LogP contribution in [0.5, 0.6) is 0 Å². The van der Waals surface area contributed by atoms with Crippen LogP contribution in [-0.2, 0) is 16.0 Å². The highest BCUT2D eigenvalue weighted by molar-refractivity contribution is 5.93. The number of nitrogens with zero attached hydrogens (tertiary/aromatic N) is 1. The highest BCUT2D eigenvalue weighted by atomic mass is 16.2. The van der Waals surface area contributed by atoms with Gasteiger partial charge in [0.15, 0.2) is 0 Å². The van der Waals surface area contributed by atoms with Crippen molar-refractivity contribution in [1.82, 2.24) is 10.2 Å². The molecule has 5 nitrogen and oxygen atoms in total. The lowest BCUT2D eigenvalue weighted by Gasteiger charge is -2.30. The lowest BCUT2D eigenvalue weighted by Crippen LogP contribution is -2.43. The average molecular weight is 374 g/mol. The van der Waals surface area contributed by atoms with Crippen LogP contribution in [0.2, 0.25) is 0 Å². The van der Waals surface area contributed by atoms with Crippen molar-refractivity contribution in [1.29, 1.82) is 0 Å². The van der Waals surface area contributed by atoms with Gasteiger partial charge in [0.25, 0.3) is 0 Å². The Kier molecular flexibility index (Phi) is 8.79. The van der Waals surface area contributed by atoms with Crippen LogP contribution in [0.25, 0.3) is 0 Å². The van der Waals surface area contributed by atoms with Gasteiger partial charge in [0, 0.05) is 18.2 Å². The molecule has 0 radical (unpaired) electrons. The first-order valence-electron chi connectivity index (χ1n) is 10.4. The van der Waals surface area contributed by atoms with Gasteiger partial charge in [0.2, 0.25) is 11.8 Å². The van der Waals surface area contributed by atoms with E-state index >= 15 is 0 Å². The van der Waals surface area contributed by atoms with E-state index in [-0.39, 0.29) is 17.7 Å². The molecule has 2 rings (SSSR count). The first-order chi connectivity index (χ1) is 13.0. The van der Waals surface area contributed by atoms with Crippen LogP contribution in [0.3, 0.4) is 0 Å². The van der Waals surface area contributed by atoms with Crippen molar-refractivity contribution in [3.8, 4) is 0 Å². The third-order valence-corrected chi connectivity index (χ3v) is 5.41. The van der Waals surface area contributed by atoms with Crippen LogP contribution >= 0.6 is 0 Å². The van der Waals surface area contributed by atoms with Gasteiger partial charge in [0.1, 0.15) is 0 Å². The summed E-state index contributed by atoms with van der Waals surface area (Å²) >= 11 is 0. The molecule has 0 aromatic heterocycles. The van der Waals surface area contributed by atoms with Crippen molar-refractivity contribution in [2.45, 2.75) is 59.3 Å². The summed E-state index contributed by atoms with van der Waals surface area (Å²) in [4.78, 5) is 26.9. The zero-order valence-corrected chi connectivity index (χ0v) is 17.1. The van der Waals surface area contributed by atoms with Gasteiger partial charge < -0.3 is 10.6 Å². The van der Waals surface area contributed by atoms with Gasteiger partial charge in [-0.1, -0.05) is 44.9 Å². The number of aryl methyl sites for hydroxylation is 2. The molecule has 1 aliphatic heterocycles. The Hall–Kier alpha value is -1.88. The number of unbranched alkanes of at least 4 members (excludes halogenated alkanes) is 2. The van der Waals surface area contributed by atoms with E-state index in [1.54, 1.807) is 0 Å². The van der Waals surface area contributed by atoms with Crippen molar-refractivity contribution in [3.05, 3.63) is 29.3 Å². The molecule has 1 fully saturated rings. The maximum absolute atomic E-state index is 12.5. The molecule has 0 saturated carbocycles. The summed E-state index contributed by atoms with van der Waals surface area (Å²) in [6.45, 7) is 9.06. The minimum absolute atomic E-state index is 0.0291. The Balaban J connectivity index is 1.75. The lowest BCUT2D eigenvalue weighted by atomic mass is 9.96. The molecule has 0 unspecified atom stereocenters. The molecule has 0 atom stereocenters. The molecule has 0 aliphatic carbocycles. The van der Waals surface area contributed by atoms with E-state index < -0.39 is 0 Å². The fourth-order valence-electron chi connectivity index (χ4n) is 3.67. The minimum atomic E-state index is 0.0291. The summed E-state index contributed by atoms with van der Waals surface area (Å²) in [6.07, 6.45) is 5.94. The number of hydrogen-bond donors (Lipinski definition) is 2. The second kappa shape index (κ2) is 11.1. The maximum Gasteiger partial charge on any atom is 0.238 e. The number of benzene rings is 1. The highest BCUT2D eigenvalue weighted by Crippen LogP contribution is 2.22. The second-order valence-electron chi connectivity index (χ2n) is 7.56. The van der Waals surface area contributed by atoms with E-state index in [9.17, 15) is 9.59 Å². The number of amides is 2. The van der Waals surface area contributed by atoms with E-state index in [2.05, 4.69) is 35.4 Å². The van der Waals surface area contributed by atoms with Crippen LogP contribution in [0.4, 0.5) is 5.69 Å². The van der Waals surface area contributed by atoms with Crippen LogP contribution in [-0.4, -0.2) is 42.9 Å². The Labute approximate surface area is 163 Å².